The summed E-state index contributed by atoms with van der Waals surface area (Å²) in [6.07, 6.45) is 0. The summed E-state index contributed by atoms with van der Waals surface area (Å²) in [5.41, 5.74) is 0. The largest absolute Gasteiger partial charge is 0.0879 e. The maximum atomic E-state index is 2.24. The van der Waals surface area contributed by atoms with E-state index in [1.165, 1.54) is 24.8 Å². The van der Waals surface area contributed by atoms with Crippen LogP contribution in [0.25, 0.3) is 0 Å². The molecule has 2 aromatic carbocycles. The molecule has 0 spiro atoms. The topological polar surface area (TPSA) is 0 Å². The summed E-state index contributed by atoms with van der Waals surface area (Å²) in [7, 11) is 1.13. The van der Waals surface area contributed by atoms with E-state index >= 15 is 0 Å². The Bertz CT molecular complexity index is 523. The second kappa shape index (κ2) is 3.74. The summed E-state index contributed by atoms with van der Waals surface area (Å²) in [4.78, 5) is 5.69. The van der Waals surface area contributed by atoms with Gasteiger partial charge in [0.15, 0.2) is 0 Å². The standard InChI is InChI=1S/C12H10S2Si/c15-11-7-3-6-10-12(11)14-9-5-2-1-4-8(9)13-10/h1-7H,15H3. The van der Waals surface area contributed by atoms with Crippen molar-refractivity contribution in [2.45, 2.75) is 19.6 Å². The van der Waals surface area contributed by atoms with E-state index in [9.17, 15) is 0 Å². The zero-order valence-corrected chi connectivity index (χ0v) is 12.0. The van der Waals surface area contributed by atoms with E-state index in [0.717, 1.165) is 10.2 Å². The van der Waals surface area contributed by atoms with Gasteiger partial charge in [0.05, 0.1) is 0 Å². The molecule has 0 unspecified atom stereocenters. The lowest BCUT2D eigenvalue weighted by molar-refractivity contribution is 1.17. The molecule has 74 valence electrons. The van der Waals surface area contributed by atoms with Crippen LogP contribution in [0.3, 0.4) is 0 Å². The maximum absolute atomic E-state index is 2.24. The molecule has 15 heavy (non-hydrogen) atoms. The van der Waals surface area contributed by atoms with Crippen molar-refractivity contribution in [2.75, 3.05) is 0 Å². The van der Waals surface area contributed by atoms with E-state index in [4.69, 9.17) is 0 Å². The molecular weight excluding hydrogens is 236 g/mol. The predicted octanol–water partition coefficient (Wildman–Crippen LogP) is 2.29. The van der Waals surface area contributed by atoms with E-state index in [2.05, 4.69) is 42.5 Å². The molecule has 0 nitrogen and oxygen atoms in total. The van der Waals surface area contributed by atoms with Gasteiger partial charge in [0.25, 0.3) is 0 Å². The molecule has 0 atom stereocenters. The van der Waals surface area contributed by atoms with Crippen molar-refractivity contribution in [3.63, 3.8) is 0 Å². The van der Waals surface area contributed by atoms with Gasteiger partial charge in [-0.05, 0) is 18.2 Å². The molecule has 1 aliphatic rings. The Hall–Kier alpha value is -0.643. The monoisotopic (exact) mass is 246 g/mol. The second-order valence-corrected chi connectivity index (χ2v) is 6.77. The Morgan fingerprint density at radius 3 is 2.20 bits per heavy atom. The van der Waals surface area contributed by atoms with Gasteiger partial charge in [-0.25, -0.2) is 0 Å². The third kappa shape index (κ3) is 1.65. The van der Waals surface area contributed by atoms with Crippen molar-refractivity contribution in [3.05, 3.63) is 42.5 Å². The van der Waals surface area contributed by atoms with Crippen LogP contribution in [0.1, 0.15) is 0 Å². The average Bonchev–Trinajstić information content (AvgIpc) is 2.27. The molecule has 0 bridgehead atoms. The summed E-state index contributed by atoms with van der Waals surface area (Å²) in [5, 5.41) is 1.51. The molecule has 0 saturated heterocycles. The first-order chi connectivity index (χ1) is 7.34. The molecule has 0 saturated carbocycles. The van der Waals surface area contributed by atoms with Crippen molar-refractivity contribution in [1.82, 2.24) is 0 Å². The van der Waals surface area contributed by atoms with Gasteiger partial charge < -0.3 is 0 Å². The Morgan fingerprint density at radius 1 is 0.733 bits per heavy atom. The van der Waals surface area contributed by atoms with E-state index in [1.807, 2.05) is 23.5 Å². The van der Waals surface area contributed by atoms with Gasteiger partial charge >= 0.3 is 0 Å². The Labute approximate surface area is 101 Å². The fourth-order valence-corrected chi connectivity index (χ4v) is 5.02. The summed E-state index contributed by atoms with van der Waals surface area (Å²) < 4.78 is 0. The van der Waals surface area contributed by atoms with Crippen LogP contribution in [-0.4, -0.2) is 10.2 Å². The van der Waals surface area contributed by atoms with Crippen molar-refractivity contribution in [1.29, 1.82) is 0 Å². The molecule has 0 fully saturated rings. The van der Waals surface area contributed by atoms with Crippen molar-refractivity contribution in [3.8, 4) is 0 Å². The highest BCUT2D eigenvalue weighted by Crippen LogP contribution is 2.47. The zero-order chi connectivity index (χ0) is 10.3. The Morgan fingerprint density at radius 2 is 1.40 bits per heavy atom. The van der Waals surface area contributed by atoms with Crippen LogP contribution in [-0.2, 0) is 0 Å². The SMILES string of the molecule is [SiH3]c1cccc2c1Sc1ccccc1S2. The molecule has 3 rings (SSSR count). The van der Waals surface area contributed by atoms with Crippen LogP contribution in [0.2, 0.25) is 0 Å². The highest BCUT2D eigenvalue weighted by Gasteiger charge is 2.17. The van der Waals surface area contributed by atoms with Crippen LogP contribution in [0, 0.1) is 0 Å². The number of rotatable bonds is 0. The first-order valence-corrected chi connectivity index (χ1v) is 7.52. The van der Waals surface area contributed by atoms with Gasteiger partial charge in [0, 0.05) is 29.8 Å². The third-order valence-corrected chi connectivity index (χ3v) is 6.37. The minimum absolute atomic E-state index is 1.13. The van der Waals surface area contributed by atoms with Crippen LogP contribution in [0.5, 0.6) is 0 Å². The molecule has 0 aromatic heterocycles. The molecule has 3 heteroatoms. The van der Waals surface area contributed by atoms with Crippen molar-refractivity contribution in [2.24, 2.45) is 0 Å². The molecule has 1 aliphatic heterocycles. The molecule has 0 N–H and O–H groups in total. The Balaban J connectivity index is 2.15. The van der Waals surface area contributed by atoms with Crippen LogP contribution in [0.4, 0.5) is 0 Å². The highest BCUT2D eigenvalue weighted by atomic mass is 32.2. The van der Waals surface area contributed by atoms with E-state index in [-0.39, 0.29) is 0 Å². The summed E-state index contributed by atoms with van der Waals surface area (Å²) in [5.74, 6) is 0. The van der Waals surface area contributed by atoms with Crippen LogP contribution >= 0.6 is 23.5 Å². The summed E-state index contributed by atoms with van der Waals surface area (Å²) >= 11 is 3.82. The fraction of sp³-hybridized carbons (Fsp3) is 0. The summed E-state index contributed by atoms with van der Waals surface area (Å²) in [6, 6.07) is 15.3. The quantitative estimate of drug-likeness (QED) is 0.558. The maximum Gasteiger partial charge on any atom is 0.0400 e. The van der Waals surface area contributed by atoms with Gasteiger partial charge in [-0.15, -0.1) is 0 Å². The molecule has 1 heterocycles. The zero-order valence-electron chi connectivity index (χ0n) is 8.36. The second-order valence-electron chi connectivity index (χ2n) is 3.55. The lowest BCUT2D eigenvalue weighted by atomic mass is 10.3. The average molecular weight is 246 g/mol. The van der Waals surface area contributed by atoms with Gasteiger partial charge in [-0.2, -0.15) is 0 Å². The summed E-state index contributed by atoms with van der Waals surface area (Å²) in [6.45, 7) is 0. The number of fused-ring (bicyclic) bond motifs is 2. The first kappa shape index (κ1) is 9.57. The first-order valence-electron chi connectivity index (χ1n) is 4.89. The predicted molar refractivity (Wildman–Crippen MR) is 70.7 cm³/mol. The molecular formula is C12H10S2Si. The van der Waals surface area contributed by atoms with Gasteiger partial charge in [0.1, 0.15) is 0 Å². The van der Waals surface area contributed by atoms with Crippen molar-refractivity contribution < 1.29 is 0 Å². The van der Waals surface area contributed by atoms with Crippen LogP contribution < -0.4 is 5.19 Å². The van der Waals surface area contributed by atoms with Gasteiger partial charge in [-0.3, -0.25) is 0 Å². The van der Waals surface area contributed by atoms with Crippen molar-refractivity contribution >= 4 is 39.0 Å². The van der Waals surface area contributed by atoms with Crippen LogP contribution in [0.15, 0.2) is 62.0 Å². The van der Waals surface area contributed by atoms with Gasteiger partial charge in [-0.1, -0.05) is 53.0 Å². The van der Waals surface area contributed by atoms with E-state index in [1.54, 1.807) is 0 Å². The molecule has 0 radical (unpaired) electrons. The van der Waals surface area contributed by atoms with Gasteiger partial charge in [0.2, 0.25) is 0 Å². The minimum Gasteiger partial charge on any atom is -0.0879 e. The lowest BCUT2D eigenvalue weighted by Crippen LogP contribution is -2.08. The number of hydrogen-bond donors (Lipinski definition) is 0. The minimum atomic E-state index is 1.13. The van der Waals surface area contributed by atoms with E-state index in [0.29, 0.717) is 0 Å². The van der Waals surface area contributed by atoms with E-state index < -0.39 is 0 Å². The molecule has 2 aromatic rings. The number of benzene rings is 2. The smallest absolute Gasteiger partial charge is 0.0400 e. The fourth-order valence-electron chi connectivity index (χ4n) is 1.68. The normalized spacial score (nSPS) is 13.3. The Kier molecular flexibility index (Phi) is 2.39. The number of hydrogen-bond acceptors (Lipinski definition) is 2. The third-order valence-electron chi connectivity index (χ3n) is 2.46. The lowest BCUT2D eigenvalue weighted by Gasteiger charge is -2.19. The highest BCUT2D eigenvalue weighted by molar-refractivity contribution is 8.05. The molecule has 0 aliphatic carbocycles. The molecule has 0 amide bonds.